The normalized spacial score (nSPS) is 22.5. The van der Waals surface area contributed by atoms with Gasteiger partial charge in [-0.05, 0) is 19.8 Å². The number of hydrogen-bond donors (Lipinski definition) is 2. The van der Waals surface area contributed by atoms with E-state index in [1.54, 1.807) is 0 Å². The van der Waals surface area contributed by atoms with Crippen molar-refractivity contribution in [3.63, 3.8) is 0 Å². The minimum absolute atomic E-state index is 0.353. The first kappa shape index (κ1) is 13.9. The van der Waals surface area contributed by atoms with E-state index in [2.05, 4.69) is 4.72 Å². The molecule has 1 saturated heterocycles. The lowest BCUT2D eigenvalue weighted by Gasteiger charge is -2.24. The average molecular weight is 264 g/mol. The van der Waals surface area contributed by atoms with Crippen molar-refractivity contribution < 1.29 is 23.1 Å². The van der Waals surface area contributed by atoms with Crippen molar-refractivity contribution in [2.75, 3.05) is 12.8 Å². The third-order valence-electron chi connectivity index (χ3n) is 2.58. The molecule has 0 saturated carbocycles. The Balaban J connectivity index is 2.72. The molecule has 0 aromatic rings. The van der Waals surface area contributed by atoms with E-state index in [0.717, 1.165) is 6.26 Å². The summed E-state index contributed by atoms with van der Waals surface area (Å²) in [5, 5.41) is 8.91. The Bertz CT molecular complexity index is 419. The summed E-state index contributed by atoms with van der Waals surface area (Å²) in [6.07, 6.45) is 1.98. The van der Waals surface area contributed by atoms with Crippen LogP contribution in [0.5, 0.6) is 0 Å². The number of hydrogen-bond acceptors (Lipinski definition) is 4. The molecule has 2 atom stereocenters. The van der Waals surface area contributed by atoms with Gasteiger partial charge in [0, 0.05) is 6.54 Å². The number of carbonyl (C=O) groups is 2. The Morgan fingerprint density at radius 1 is 1.47 bits per heavy atom. The van der Waals surface area contributed by atoms with Gasteiger partial charge in [-0.1, -0.05) is 0 Å². The summed E-state index contributed by atoms with van der Waals surface area (Å²) < 4.78 is 24.1. The molecule has 1 rings (SSSR count). The van der Waals surface area contributed by atoms with Crippen molar-refractivity contribution in [1.82, 2.24) is 9.62 Å². The molecule has 7 nitrogen and oxygen atoms in total. The molecule has 2 N–H and O–H groups in total. The second-order valence-electron chi connectivity index (χ2n) is 4.14. The van der Waals surface area contributed by atoms with Crippen molar-refractivity contribution in [2.45, 2.75) is 31.8 Å². The molecule has 8 heteroatoms. The fourth-order valence-electron chi connectivity index (χ4n) is 1.91. The molecule has 1 heterocycles. The van der Waals surface area contributed by atoms with E-state index in [0.29, 0.717) is 19.4 Å². The molecule has 1 aliphatic rings. The van der Waals surface area contributed by atoms with E-state index in [4.69, 9.17) is 5.11 Å². The molecule has 17 heavy (non-hydrogen) atoms. The molecule has 1 fully saturated rings. The SMILES string of the molecule is CC(NS(C)(=O)=O)C(=O)N1CCC[C@@H]1C(=O)O. The number of rotatable bonds is 4. The minimum atomic E-state index is -3.48. The van der Waals surface area contributed by atoms with Gasteiger partial charge in [-0.2, -0.15) is 0 Å². The van der Waals surface area contributed by atoms with Crippen LogP contribution in [0.2, 0.25) is 0 Å². The summed E-state index contributed by atoms with van der Waals surface area (Å²) >= 11 is 0. The lowest BCUT2D eigenvalue weighted by molar-refractivity contribution is -0.148. The van der Waals surface area contributed by atoms with Crippen molar-refractivity contribution in [3.8, 4) is 0 Å². The topological polar surface area (TPSA) is 104 Å². The number of carbonyl (C=O) groups excluding carboxylic acids is 1. The van der Waals surface area contributed by atoms with Crippen molar-refractivity contribution >= 4 is 21.9 Å². The van der Waals surface area contributed by atoms with Crippen LogP contribution in [0.15, 0.2) is 0 Å². The quantitative estimate of drug-likeness (QED) is 0.677. The summed E-state index contributed by atoms with van der Waals surface area (Å²) in [5.41, 5.74) is 0. The van der Waals surface area contributed by atoms with Crippen molar-refractivity contribution in [1.29, 1.82) is 0 Å². The summed E-state index contributed by atoms with van der Waals surface area (Å²) in [4.78, 5) is 24.0. The molecule has 0 spiro atoms. The van der Waals surface area contributed by atoms with Gasteiger partial charge in [0.05, 0.1) is 12.3 Å². The number of nitrogens with zero attached hydrogens (tertiary/aromatic N) is 1. The molecule has 0 aliphatic carbocycles. The fraction of sp³-hybridized carbons (Fsp3) is 0.778. The van der Waals surface area contributed by atoms with Crippen LogP contribution in [0.1, 0.15) is 19.8 Å². The molecule has 1 unspecified atom stereocenters. The highest BCUT2D eigenvalue weighted by atomic mass is 32.2. The molecule has 98 valence electrons. The first-order valence-electron chi connectivity index (χ1n) is 5.23. The van der Waals surface area contributed by atoms with Gasteiger partial charge in [0.15, 0.2) is 0 Å². The third-order valence-corrected chi connectivity index (χ3v) is 3.36. The Morgan fingerprint density at radius 2 is 2.06 bits per heavy atom. The van der Waals surface area contributed by atoms with E-state index < -0.39 is 34.0 Å². The number of carboxylic acid groups (broad SMARTS) is 1. The fourth-order valence-corrected chi connectivity index (χ4v) is 2.65. The zero-order chi connectivity index (χ0) is 13.2. The Morgan fingerprint density at radius 3 is 2.53 bits per heavy atom. The monoisotopic (exact) mass is 264 g/mol. The first-order valence-corrected chi connectivity index (χ1v) is 7.12. The number of nitrogens with one attached hydrogen (secondary N) is 1. The van der Waals surface area contributed by atoms with Gasteiger partial charge in [0.2, 0.25) is 15.9 Å². The summed E-state index contributed by atoms with van der Waals surface area (Å²) in [6.45, 7) is 1.76. The van der Waals surface area contributed by atoms with Gasteiger partial charge in [0.25, 0.3) is 0 Å². The maximum absolute atomic E-state index is 11.9. The molecule has 0 aromatic carbocycles. The zero-order valence-corrected chi connectivity index (χ0v) is 10.5. The largest absolute Gasteiger partial charge is 0.480 e. The molecule has 1 aliphatic heterocycles. The Kier molecular flexibility index (Phi) is 4.10. The van der Waals surface area contributed by atoms with Gasteiger partial charge in [-0.15, -0.1) is 0 Å². The van der Waals surface area contributed by atoms with E-state index in [9.17, 15) is 18.0 Å². The standard InChI is InChI=1S/C9H16N2O5S/c1-6(10-17(2,15)16)8(12)11-5-3-4-7(11)9(13)14/h6-7,10H,3-5H2,1-2H3,(H,13,14)/t6?,7-/m1/s1. The number of amides is 1. The molecular formula is C9H16N2O5S. The van der Waals surface area contributed by atoms with Crippen LogP contribution < -0.4 is 4.72 Å². The Labute approximate surface area is 99.8 Å². The molecule has 0 bridgehead atoms. The van der Waals surface area contributed by atoms with Crippen LogP contribution in [0.3, 0.4) is 0 Å². The van der Waals surface area contributed by atoms with Gasteiger partial charge in [-0.25, -0.2) is 17.9 Å². The molecule has 0 aromatic heterocycles. The van der Waals surface area contributed by atoms with Gasteiger partial charge < -0.3 is 10.0 Å². The molecule has 1 amide bonds. The molecular weight excluding hydrogens is 248 g/mol. The predicted molar refractivity (Wildman–Crippen MR) is 59.8 cm³/mol. The number of sulfonamides is 1. The van der Waals surface area contributed by atoms with Gasteiger partial charge >= 0.3 is 5.97 Å². The Hall–Kier alpha value is -1.15. The van der Waals surface area contributed by atoms with Crippen LogP contribution in [-0.4, -0.2) is 55.2 Å². The first-order chi connectivity index (χ1) is 7.72. The lowest BCUT2D eigenvalue weighted by Crippen LogP contribution is -2.50. The van der Waals surface area contributed by atoms with Crippen LogP contribution in [0, 0.1) is 0 Å². The van der Waals surface area contributed by atoms with Crippen LogP contribution >= 0.6 is 0 Å². The van der Waals surface area contributed by atoms with Crippen molar-refractivity contribution in [2.24, 2.45) is 0 Å². The van der Waals surface area contributed by atoms with E-state index >= 15 is 0 Å². The van der Waals surface area contributed by atoms with Crippen LogP contribution in [0.4, 0.5) is 0 Å². The van der Waals surface area contributed by atoms with E-state index in [-0.39, 0.29) is 0 Å². The van der Waals surface area contributed by atoms with Gasteiger partial charge in [0.1, 0.15) is 6.04 Å². The summed E-state index contributed by atoms with van der Waals surface area (Å²) in [7, 11) is -3.48. The highest BCUT2D eigenvalue weighted by molar-refractivity contribution is 7.88. The van der Waals surface area contributed by atoms with E-state index in [1.807, 2.05) is 0 Å². The predicted octanol–water partition coefficient (Wildman–Crippen LogP) is -1.00. The smallest absolute Gasteiger partial charge is 0.326 e. The zero-order valence-electron chi connectivity index (χ0n) is 9.71. The third kappa shape index (κ3) is 3.67. The number of carboxylic acids is 1. The summed E-state index contributed by atoms with van der Waals surface area (Å²) in [6, 6.07) is -1.78. The molecule has 0 radical (unpaired) electrons. The highest BCUT2D eigenvalue weighted by Crippen LogP contribution is 2.18. The highest BCUT2D eigenvalue weighted by Gasteiger charge is 2.36. The van der Waals surface area contributed by atoms with Gasteiger partial charge in [-0.3, -0.25) is 4.79 Å². The van der Waals surface area contributed by atoms with E-state index in [1.165, 1.54) is 11.8 Å². The van der Waals surface area contributed by atoms with Crippen LogP contribution in [-0.2, 0) is 19.6 Å². The second-order valence-corrected chi connectivity index (χ2v) is 5.92. The number of aliphatic carboxylic acids is 1. The van der Waals surface area contributed by atoms with Crippen LogP contribution in [0.25, 0.3) is 0 Å². The second kappa shape index (κ2) is 5.01. The lowest BCUT2D eigenvalue weighted by atomic mass is 10.2. The summed E-state index contributed by atoms with van der Waals surface area (Å²) in [5.74, 6) is -1.55. The average Bonchev–Trinajstić information content (AvgIpc) is 2.61. The minimum Gasteiger partial charge on any atom is -0.480 e. The van der Waals surface area contributed by atoms with Crippen molar-refractivity contribution in [3.05, 3.63) is 0 Å². The maximum atomic E-state index is 11.9. The maximum Gasteiger partial charge on any atom is 0.326 e. The number of likely N-dealkylation sites (tertiary alicyclic amines) is 1.